The molecule has 0 aromatic carbocycles. The van der Waals surface area contributed by atoms with Gasteiger partial charge in [-0.15, -0.1) is 0 Å². The van der Waals surface area contributed by atoms with E-state index in [9.17, 15) is 0 Å². The second kappa shape index (κ2) is 1.98. The van der Waals surface area contributed by atoms with Crippen LogP contribution in [0.4, 0.5) is 0 Å². The van der Waals surface area contributed by atoms with Crippen LogP contribution in [0.1, 0.15) is 25.7 Å². The second-order valence-corrected chi connectivity index (χ2v) is 3.29. The summed E-state index contributed by atoms with van der Waals surface area (Å²) in [5.74, 6) is 1.01. The molecule has 2 fully saturated rings. The molecule has 0 atom stereocenters. The summed E-state index contributed by atoms with van der Waals surface area (Å²) in [4.78, 5) is 2.46. The van der Waals surface area contributed by atoms with E-state index in [2.05, 4.69) is 11.9 Å². The van der Waals surface area contributed by atoms with E-state index >= 15 is 0 Å². The highest BCUT2D eigenvalue weighted by atomic mass is 15.2. The minimum Gasteiger partial charge on any atom is -0.299 e. The van der Waals surface area contributed by atoms with E-state index in [0.29, 0.717) is 0 Å². The van der Waals surface area contributed by atoms with Crippen molar-refractivity contribution in [3.05, 3.63) is 6.04 Å². The molecule has 1 saturated carbocycles. The summed E-state index contributed by atoms with van der Waals surface area (Å²) in [5.41, 5.74) is 0. The van der Waals surface area contributed by atoms with Crippen molar-refractivity contribution in [2.75, 3.05) is 13.6 Å². The molecule has 0 unspecified atom stereocenters. The van der Waals surface area contributed by atoms with Crippen molar-refractivity contribution < 1.29 is 0 Å². The zero-order valence-corrected chi connectivity index (χ0v) is 6.06. The number of rotatable bonds is 1. The monoisotopic (exact) mass is 124 g/mol. The van der Waals surface area contributed by atoms with Gasteiger partial charge in [0.1, 0.15) is 0 Å². The Morgan fingerprint density at radius 3 is 2.67 bits per heavy atom. The van der Waals surface area contributed by atoms with E-state index in [1.165, 1.54) is 32.2 Å². The normalized spacial score (nSPS) is 31.7. The van der Waals surface area contributed by atoms with Gasteiger partial charge in [0.05, 0.1) is 0 Å². The number of nitrogens with zero attached hydrogens (tertiary/aromatic N) is 1. The van der Waals surface area contributed by atoms with Crippen LogP contribution in [0.25, 0.3) is 0 Å². The van der Waals surface area contributed by atoms with Crippen LogP contribution in [-0.4, -0.2) is 18.5 Å². The van der Waals surface area contributed by atoms with Gasteiger partial charge in [-0.3, -0.25) is 4.90 Å². The van der Waals surface area contributed by atoms with E-state index in [1.54, 1.807) is 6.04 Å². The first-order chi connectivity index (χ1) is 4.38. The van der Waals surface area contributed by atoms with Crippen LogP contribution in [0.2, 0.25) is 0 Å². The molecule has 1 heterocycles. The van der Waals surface area contributed by atoms with Crippen molar-refractivity contribution in [2.24, 2.45) is 5.92 Å². The molecule has 2 aliphatic rings. The Hall–Kier alpha value is -0.0400. The molecule has 1 radical (unpaired) electrons. The molecule has 0 aromatic rings. The van der Waals surface area contributed by atoms with Crippen molar-refractivity contribution >= 4 is 0 Å². The van der Waals surface area contributed by atoms with Gasteiger partial charge in [-0.05, 0) is 45.2 Å². The molecule has 1 aliphatic heterocycles. The fourth-order valence-corrected chi connectivity index (χ4v) is 1.76. The van der Waals surface area contributed by atoms with Gasteiger partial charge in [-0.2, -0.15) is 0 Å². The second-order valence-electron chi connectivity index (χ2n) is 3.29. The van der Waals surface area contributed by atoms with E-state index in [-0.39, 0.29) is 0 Å². The Balaban J connectivity index is 1.93. The third kappa shape index (κ3) is 0.983. The summed E-state index contributed by atoms with van der Waals surface area (Å²) >= 11 is 0. The molecule has 1 nitrogen and oxygen atoms in total. The Morgan fingerprint density at radius 2 is 2.22 bits per heavy atom. The van der Waals surface area contributed by atoms with Gasteiger partial charge < -0.3 is 0 Å². The molecule has 9 heavy (non-hydrogen) atoms. The largest absolute Gasteiger partial charge is 0.299 e. The minimum atomic E-state index is 1.01. The first-order valence-corrected chi connectivity index (χ1v) is 3.95. The van der Waals surface area contributed by atoms with Crippen LogP contribution < -0.4 is 0 Å². The van der Waals surface area contributed by atoms with Crippen molar-refractivity contribution in [1.29, 1.82) is 0 Å². The molecule has 0 N–H and O–H groups in total. The molecule has 1 heteroatoms. The summed E-state index contributed by atoms with van der Waals surface area (Å²) < 4.78 is 0. The summed E-state index contributed by atoms with van der Waals surface area (Å²) in [6.45, 7) is 1.31. The number of likely N-dealkylation sites (tertiary alicyclic amines) is 1. The zero-order chi connectivity index (χ0) is 6.27. The zero-order valence-electron chi connectivity index (χ0n) is 6.06. The topological polar surface area (TPSA) is 3.24 Å². The molecule has 0 spiro atoms. The first kappa shape index (κ1) is 5.72. The van der Waals surface area contributed by atoms with Crippen molar-refractivity contribution in [2.45, 2.75) is 25.7 Å². The van der Waals surface area contributed by atoms with E-state index in [4.69, 9.17) is 0 Å². The standard InChI is InChI=1S/C8H14N/c1-9-6-2-3-8(9)7-4-5-7/h7H,2-6H2,1H3. The molecule has 1 saturated heterocycles. The van der Waals surface area contributed by atoms with Crippen LogP contribution in [0.5, 0.6) is 0 Å². The predicted molar refractivity (Wildman–Crippen MR) is 37.8 cm³/mol. The summed E-state index contributed by atoms with van der Waals surface area (Å²) in [6.07, 6.45) is 5.74. The average molecular weight is 124 g/mol. The molecule has 0 amide bonds. The van der Waals surface area contributed by atoms with E-state index < -0.39 is 0 Å². The van der Waals surface area contributed by atoms with Gasteiger partial charge in [0.15, 0.2) is 0 Å². The number of hydrogen-bond donors (Lipinski definition) is 0. The SMILES string of the molecule is CN1CCC[C]1C1CC1. The molecular weight excluding hydrogens is 110 g/mol. The Kier molecular flexibility index (Phi) is 1.26. The lowest BCUT2D eigenvalue weighted by Gasteiger charge is -2.16. The van der Waals surface area contributed by atoms with Crippen molar-refractivity contribution in [3.8, 4) is 0 Å². The minimum absolute atomic E-state index is 1.01. The molecule has 2 rings (SSSR count). The van der Waals surface area contributed by atoms with Crippen LogP contribution >= 0.6 is 0 Å². The summed E-state index contributed by atoms with van der Waals surface area (Å²) in [6, 6.07) is 1.75. The van der Waals surface area contributed by atoms with Crippen LogP contribution in [0.15, 0.2) is 0 Å². The molecule has 1 aliphatic carbocycles. The Labute approximate surface area is 57.0 Å². The maximum absolute atomic E-state index is 2.46. The average Bonchev–Trinajstić information content (AvgIpc) is 2.58. The molecular formula is C8H14N. The fourth-order valence-electron chi connectivity index (χ4n) is 1.76. The molecule has 51 valence electrons. The maximum atomic E-state index is 2.46. The first-order valence-electron chi connectivity index (χ1n) is 3.95. The van der Waals surface area contributed by atoms with Gasteiger partial charge in [-0.25, -0.2) is 0 Å². The maximum Gasteiger partial charge on any atom is 0.0421 e. The highest BCUT2D eigenvalue weighted by Gasteiger charge is 2.36. The lowest BCUT2D eigenvalue weighted by Crippen LogP contribution is -2.18. The van der Waals surface area contributed by atoms with E-state index in [0.717, 1.165) is 5.92 Å². The van der Waals surface area contributed by atoms with Crippen molar-refractivity contribution in [3.63, 3.8) is 0 Å². The fraction of sp³-hybridized carbons (Fsp3) is 0.875. The molecule has 0 bridgehead atoms. The van der Waals surface area contributed by atoms with Crippen molar-refractivity contribution in [1.82, 2.24) is 4.90 Å². The third-order valence-electron chi connectivity index (χ3n) is 2.47. The van der Waals surface area contributed by atoms with Crippen LogP contribution in [0.3, 0.4) is 0 Å². The smallest absolute Gasteiger partial charge is 0.0421 e. The highest BCUT2D eigenvalue weighted by Crippen LogP contribution is 2.44. The lowest BCUT2D eigenvalue weighted by molar-refractivity contribution is 0.383. The lowest BCUT2D eigenvalue weighted by atomic mass is 10.1. The van der Waals surface area contributed by atoms with E-state index in [1.807, 2.05) is 0 Å². The van der Waals surface area contributed by atoms with Gasteiger partial charge in [0, 0.05) is 6.04 Å². The molecule has 0 aromatic heterocycles. The Morgan fingerprint density at radius 1 is 1.44 bits per heavy atom. The summed E-state index contributed by atoms with van der Waals surface area (Å²) in [7, 11) is 2.24. The van der Waals surface area contributed by atoms with Crippen LogP contribution in [0, 0.1) is 12.0 Å². The van der Waals surface area contributed by atoms with Gasteiger partial charge >= 0.3 is 0 Å². The number of hydrogen-bond acceptors (Lipinski definition) is 1. The Bertz CT molecular complexity index is 107. The third-order valence-corrected chi connectivity index (χ3v) is 2.47. The van der Waals surface area contributed by atoms with Gasteiger partial charge in [0.25, 0.3) is 0 Å². The highest BCUT2D eigenvalue weighted by molar-refractivity contribution is 5.04. The quantitative estimate of drug-likeness (QED) is 0.514. The summed E-state index contributed by atoms with van der Waals surface area (Å²) in [5, 5.41) is 0. The predicted octanol–water partition coefficient (Wildman–Crippen LogP) is 1.65. The van der Waals surface area contributed by atoms with Gasteiger partial charge in [0.2, 0.25) is 0 Å². The van der Waals surface area contributed by atoms with Crippen LogP contribution in [-0.2, 0) is 0 Å². The van der Waals surface area contributed by atoms with Gasteiger partial charge in [-0.1, -0.05) is 0 Å².